The number of carbonyl (C=O) groups is 1. The molecule has 0 aliphatic carbocycles. The number of ether oxygens (including phenoxy) is 1. The summed E-state index contributed by atoms with van der Waals surface area (Å²) in [6, 6.07) is 22.3. The zero-order valence-electron chi connectivity index (χ0n) is 18.8. The molecule has 3 heterocycles. The van der Waals surface area contributed by atoms with Gasteiger partial charge in [0.2, 0.25) is 5.91 Å². The second kappa shape index (κ2) is 11.0. The monoisotopic (exact) mass is 490 g/mol. The Kier molecular flexibility index (Phi) is 7.38. The van der Waals surface area contributed by atoms with Crippen LogP contribution in [0.1, 0.15) is 0 Å². The number of carbonyl (C=O) groups excluding carboxylic acids is 1. The lowest BCUT2D eigenvalue weighted by atomic mass is 10.2. The zero-order chi connectivity index (χ0) is 23.2. The molecule has 0 unspecified atom stereocenters. The van der Waals surface area contributed by atoms with Gasteiger partial charge >= 0.3 is 0 Å². The lowest BCUT2D eigenvalue weighted by molar-refractivity contribution is -0.130. The maximum absolute atomic E-state index is 12.9. The van der Waals surface area contributed by atoms with Gasteiger partial charge in [0.1, 0.15) is 28.5 Å². The molecule has 0 radical (unpaired) electrons. The topological polar surface area (TPSA) is 58.6 Å². The summed E-state index contributed by atoms with van der Waals surface area (Å²) in [6.45, 7) is 4.77. The molecule has 0 N–H and O–H groups in total. The van der Waals surface area contributed by atoms with Crippen LogP contribution >= 0.6 is 23.1 Å². The van der Waals surface area contributed by atoms with Gasteiger partial charge in [-0.2, -0.15) is 0 Å². The first-order valence-electron chi connectivity index (χ1n) is 11.4. The average molecular weight is 491 g/mol. The number of hydrogen-bond acceptors (Lipinski definition) is 7. The number of rotatable bonds is 8. The predicted octanol–water partition coefficient (Wildman–Crippen LogP) is 4.67. The standard InChI is InChI=1S/C26H26N4O2S2/c31-24(30-13-11-29(12-14-30)15-16-32-21-9-5-2-6-10-21)18-33-25-22-17-23(20-7-3-1-4-8-20)34-26(22)28-19-27-25/h1-10,17,19H,11-16,18H2. The van der Waals surface area contributed by atoms with Crippen LogP contribution in [-0.2, 0) is 4.79 Å². The molecule has 5 rings (SSSR count). The van der Waals surface area contributed by atoms with Crippen molar-refractivity contribution < 1.29 is 9.53 Å². The summed E-state index contributed by atoms with van der Waals surface area (Å²) in [6.07, 6.45) is 1.59. The molecule has 8 heteroatoms. The van der Waals surface area contributed by atoms with Crippen molar-refractivity contribution in [2.75, 3.05) is 45.1 Å². The third-order valence-corrected chi connectivity index (χ3v) is 7.91. The summed E-state index contributed by atoms with van der Waals surface area (Å²) in [5.74, 6) is 1.45. The lowest BCUT2D eigenvalue weighted by Crippen LogP contribution is -2.50. The fourth-order valence-electron chi connectivity index (χ4n) is 3.95. The molecule has 1 aliphatic heterocycles. The van der Waals surface area contributed by atoms with Crippen molar-refractivity contribution >= 4 is 39.2 Å². The van der Waals surface area contributed by atoms with E-state index in [-0.39, 0.29) is 5.91 Å². The van der Waals surface area contributed by atoms with Gasteiger partial charge < -0.3 is 9.64 Å². The van der Waals surface area contributed by atoms with Crippen molar-refractivity contribution in [2.45, 2.75) is 5.03 Å². The highest BCUT2D eigenvalue weighted by Gasteiger charge is 2.21. The Morgan fingerprint density at radius 1 is 0.971 bits per heavy atom. The SMILES string of the molecule is O=C(CSc1ncnc2sc(-c3ccccc3)cc12)N1CCN(CCOc2ccccc2)CC1. The molecule has 6 nitrogen and oxygen atoms in total. The Bertz CT molecular complexity index is 1230. The molecule has 4 aromatic rings. The minimum atomic E-state index is 0.162. The van der Waals surface area contributed by atoms with Gasteiger partial charge in [0.25, 0.3) is 0 Å². The van der Waals surface area contributed by atoms with Gasteiger partial charge in [-0.15, -0.1) is 11.3 Å². The molecule has 1 saturated heterocycles. The molecule has 2 aromatic carbocycles. The number of thioether (sulfide) groups is 1. The summed E-state index contributed by atoms with van der Waals surface area (Å²) >= 11 is 3.16. The third kappa shape index (κ3) is 5.58. The van der Waals surface area contributed by atoms with Crippen LogP contribution in [-0.4, -0.2) is 70.8 Å². The number of piperazine rings is 1. The van der Waals surface area contributed by atoms with Crippen molar-refractivity contribution in [2.24, 2.45) is 0 Å². The highest BCUT2D eigenvalue weighted by molar-refractivity contribution is 8.00. The Labute approximate surface area is 207 Å². The smallest absolute Gasteiger partial charge is 0.233 e. The molecule has 34 heavy (non-hydrogen) atoms. The van der Waals surface area contributed by atoms with Crippen LogP contribution in [0.3, 0.4) is 0 Å². The number of hydrogen-bond donors (Lipinski definition) is 0. The fourth-order valence-corrected chi connectivity index (χ4v) is 5.89. The van der Waals surface area contributed by atoms with Crippen molar-refractivity contribution in [3.63, 3.8) is 0 Å². The molecule has 0 spiro atoms. The number of para-hydroxylation sites is 1. The van der Waals surface area contributed by atoms with Crippen LogP contribution in [0.5, 0.6) is 5.75 Å². The van der Waals surface area contributed by atoms with E-state index in [1.165, 1.54) is 17.3 Å². The second-order valence-electron chi connectivity index (χ2n) is 8.05. The van der Waals surface area contributed by atoms with Crippen LogP contribution in [0, 0.1) is 0 Å². The van der Waals surface area contributed by atoms with Gasteiger partial charge in [-0.3, -0.25) is 9.69 Å². The number of nitrogens with zero attached hydrogens (tertiary/aromatic N) is 4. The lowest BCUT2D eigenvalue weighted by Gasteiger charge is -2.34. The molecular weight excluding hydrogens is 464 g/mol. The molecule has 0 saturated carbocycles. The van der Waals surface area contributed by atoms with E-state index in [0.29, 0.717) is 12.4 Å². The van der Waals surface area contributed by atoms with Gasteiger partial charge in [0.15, 0.2) is 0 Å². The first-order chi connectivity index (χ1) is 16.8. The number of aromatic nitrogens is 2. The van der Waals surface area contributed by atoms with E-state index < -0.39 is 0 Å². The summed E-state index contributed by atoms with van der Waals surface area (Å²) in [5, 5.41) is 1.89. The minimum absolute atomic E-state index is 0.162. The van der Waals surface area contributed by atoms with E-state index in [0.717, 1.165) is 58.6 Å². The first-order valence-corrected chi connectivity index (χ1v) is 13.2. The van der Waals surface area contributed by atoms with Gasteiger partial charge in [0, 0.05) is 43.0 Å². The van der Waals surface area contributed by atoms with Crippen LogP contribution in [0.15, 0.2) is 78.1 Å². The molecule has 2 aromatic heterocycles. The molecule has 174 valence electrons. The van der Waals surface area contributed by atoms with E-state index >= 15 is 0 Å². The Hall–Kier alpha value is -2.94. The second-order valence-corrected chi connectivity index (χ2v) is 10.0. The Balaban J connectivity index is 1.11. The zero-order valence-corrected chi connectivity index (χ0v) is 20.4. The van der Waals surface area contributed by atoms with Gasteiger partial charge in [0.05, 0.1) is 5.75 Å². The molecule has 1 amide bonds. The van der Waals surface area contributed by atoms with E-state index in [1.807, 2.05) is 53.4 Å². The highest BCUT2D eigenvalue weighted by Crippen LogP contribution is 2.36. The highest BCUT2D eigenvalue weighted by atomic mass is 32.2. The molecular formula is C26H26N4O2S2. The first kappa shape index (κ1) is 22.8. The van der Waals surface area contributed by atoms with Gasteiger partial charge in [-0.25, -0.2) is 9.97 Å². The van der Waals surface area contributed by atoms with Crippen molar-refractivity contribution in [3.05, 3.63) is 73.1 Å². The molecule has 1 aliphatic rings. The van der Waals surface area contributed by atoms with Crippen LogP contribution in [0.25, 0.3) is 20.7 Å². The maximum atomic E-state index is 12.9. The summed E-state index contributed by atoms with van der Waals surface area (Å²) in [4.78, 5) is 28.2. The van der Waals surface area contributed by atoms with E-state index in [1.54, 1.807) is 17.7 Å². The number of fused-ring (bicyclic) bond motifs is 1. The normalized spacial score (nSPS) is 14.4. The molecule has 0 atom stereocenters. The van der Waals surface area contributed by atoms with Crippen molar-refractivity contribution in [3.8, 4) is 16.2 Å². The summed E-state index contributed by atoms with van der Waals surface area (Å²) < 4.78 is 5.80. The fraction of sp³-hybridized carbons (Fsp3) is 0.269. The number of thiophene rings is 1. The van der Waals surface area contributed by atoms with Gasteiger partial charge in [-0.1, -0.05) is 60.3 Å². The van der Waals surface area contributed by atoms with E-state index in [2.05, 4.69) is 33.1 Å². The van der Waals surface area contributed by atoms with Crippen molar-refractivity contribution in [1.82, 2.24) is 19.8 Å². The quantitative estimate of drug-likeness (QED) is 0.264. The van der Waals surface area contributed by atoms with Crippen LogP contribution < -0.4 is 4.74 Å². The largest absolute Gasteiger partial charge is 0.492 e. The minimum Gasteiger partial charge on any atom is -0.492 e. The van der Waals surface area contributed by atoms with E-state index in [4.69, 9.17) is 4.74 Å². The number of amides is 1. The Morgan fingerprint density at radius 3 is 2.47 bits per heavy atom. The van der Waals surface area contributed by atoms with Crippen molar-refractivity contribution in [1.29, 1.82) is 0 Å². The van der Waals surface area contributed by atoms with E-state index in [9.17, 15) is 4.79 Å². The average Bonchev–Trinajstić information content (AvgIpc) is 3.34. The molecule has 0 bridgehead atoms. The van der Waals surface area contributed by atoms with Gasteiger partial charge in [-0.05, 0) is 23.8 Å². The Morgan fingerprint density at radius 2 is 1.71 bits per heavy atom. The maximum Gasteiger partial charge on any atom is 0.233 e. The predicted molar refractivity (Wildman–Crippen MR) is 139 cm³/mol. The van der Waals surface area contributed by atoms with Crippen LogP contribution in [0.2, 0.25) is 0 Å². The molecule has 1 fully saturated rings. The summed E-state index contributed by atoms with van der Waals surface area (Å²) in [5.41, 5.74) is 1.17. The summed E-state index contributed by atoms with van der Waals surface area (Å²) in [7, 11) is 0. The van der Waals surface area contributed by atoms with Crippen LogP contribution in [0.4, 0.5) is 0 Å². The third-order valence-electron chi connectivity index (χ3n) is 5.83. The number of benzene rings is 2.